The van der Waals surface area contributed by atoms with E-state index in [2.05, 4.69) is 5.32 Å². The van der Waals surface area contributed by atoms with E-state index in [0.717, 1.165) is 5.75 Å². The van der Waals surface area contributed by atoms with E-state index in [0.29, 0.717) is 17.0 Å². The summed E-state index contributed by atoms with van der Waals surface area (Å²) in [4.78, 5) is 13.8. The smallest absolute Gasteiger partial charge is 0.238 e. The first kappa shape index (κ1) is 20.2. The van der Waals surface area contributed by atoms with Crippen LogP contribution in [0.15, 0.2) is 48.5 Å². The molecule has 7 heteroatoms. The first-order valence-electron chi connectivity index (χ1n) is 8.43. The number of nitrogens with zero attached hydrogens (tertiary/aromatic N) is 2. The first-order chi connectivity index (χ1) is 13.0. The molecule has 0 aliphatic rings. The summed E-state index contributed by atoms with van der Waals surface area (Å²) in [6, 6.07) is 15.7. The number of likely N-dealkylation sites (N-methyl/N-ethyl adjacent to an activating group) is 1. The predicted octanol–water partition coefficient (Wildman–Crippen LogP) is 1.88. The minimum Gasteiger partial charge on any atom is -0.497 e. The van der Waals surface area contributed by atoms with Gasteiger partial charge in [-0.25, -0.2) is 0 Å². The van der Waals surface area contributed by atoms with Crippen molar-refractivity contribution in [1.29, 1.82) is 5.26 Å². The molecule has 2 aromatic rings. The largest absolute Gasteiger partial charge is 0.497 e. The molecule has 0 aromatic heterocycles. The van der Waals surface area contributed by atoms with E-state index in [4.69, 9.17) is 14.7 Å². The molecule has 27 heavy (non-hydrogen) atoms. The van der Waals surface area contributed by atoms with Crippen LogP contribution >= 0.6 is 0 Å². The zero-order chi connectivity index (χ0) is 19.6. The summed E-state index contributed by atoms with van der Waals surface area (Å²) >= 11 is 0. The molecule has 2 rings (SSSR count). The number of anilines is 1. The number of methoxy groups -OCH3 is 1. The Labute approximate surface area is 158 Å². The zero-order valence-electron chi connectivity index (χ0n) is 15.4. The van der Waals surface area contributed by atoms with Gasteiger partial charge >= 0.3 is 0 Å². The standard InChI is InChI=1S/C20H23N3O4/c1-23(13-20(25)22-16-5-9-18(26-2)10-6-16)12-17(24)14-27-19-7-3-15(11-21)4-8-19/h3-10,17,24H,12-14H2,1-2H3,(H,22,25). The maximum atomic E-state index is 12.1. The number of benzene rings is 2. The molecule has 1 amide bonds. The van der Waals surface area contributed by atoms with Crippen molar-refractivity contribution in [1.82, 2.24) is 4.90 Å². The van der Waals surface area contributed by atoms with Crippen molar-refractivity contribution in [3.8, 4) is 17.6 Å². The fourth-order valence-electron chi connectivity index (χ4n) is 2.42. The van der Waals surface area contributed by atoms with Gasteiger partial charge in [0.05, 0.1) is 25.3 Å². The number of carbonyl (C=O) groups excluding carboxylic acids is 1. The lowest BCUT2D eigenvalue weighted by atomic mass is 10.2. The third kappa shape index (κ3) is 6.98. The van der Waals surface area contributed by atoms with Crippen molar-refractivity contribution in [2.24, 2.45) is 0 Å². The van der Waals surface area contributed by atoms with Gasteiger partial charge in [0.2, 0.25) is 5.91 Å². The quantitative estimate of drug-likeness (QED) is 0.701. The van der Waals surface area contributed by atoms with Gasteiger partial charge in [-0.3, -0.25) is 9.69 Å². The van der Waals surface area contributed by atoms with Crippen LogP contribution in [-0.2, 0) is 4.79 Å². The van der Waals surface area contributed by atoms with Crippen LogP contribution in [0.25, 0.3) is 0 Å². The van der Waals surface area contributed by atoms with Crippen molar-refractivity contribution >= 4 is 11.6 Å². The molecule has 0 heterocycles. The molecule has 0 spiro atoms. The highest BCUT2D eigenvalue weighted by molar-refractivity contribution is 5.92. The number of rotatable bonds is 9. The molecule has 0 saturated heterocycles. The van der Waals surface area contributed by atoms with Crippen LogP contribution in [0.4, 0.5) is 5.69 Å². The summed E-state index contributed by atoms with van der Waals surface area (Å²) in [5.41, 5.74) is 1.23. The number of ether oxygens (including phenoxy) is 2. The van der Waals surface area contributed by atoms with Crippen LogP contribution < -0.4 is 14.8 Å². The molecule has 0 radical (unpaired) electrons. The molecule has 1 atom stereocenters. The normalized spacial score (nSPS) is 11.5. The van der Waals surface area contributed by atoms with Crippen LogP contribution in [0, 0.1) is 11.3 Å². The van der Waals surface area contributed by atoms with Gasteiger partial charge < -0.3 is 19.9 Å². The van der Waals surface area contributed by atoms with Crippen LogP contribution in [-0.4, -0.2) is 55.9 Å². The van der Waals surface area contributed by atoms with Crippen LogP contribution in [0.2, 0.25) is 0 Å². The van der Waals surface area contributed by atoms with Gasteiger partial charge in [-0.1, -0.05) is 0 Å². The molecule has 2 N–H and O–H groups in total. The Morgan fingerprint density at radius 1 is 1.19 bits per heavy atom. The van der Waals surface area contributed by atoms with Gasteiger partial charge in [0.25, 0.3) is 0 Å². The Bertz CT molecular complexity index is 769. The molecule has 2 aromatic carbocycles. The average Bonchev–Trinajstić information content (AvgIpc) is 2.67. The summed E-state index contributed by atoms with van der Waals surface area (Å²) in [6.45, 7) is 0.516. The summed E-state index contributed by atoms with van der Waals surface area (Å²) < 4.78 is 10.6. The monoisotopic (exact) mass is 369 g/mol. The fourth-order valence-corrected chi connectivity index (χ4v) is 2.42. The number of aliphatic hydroxyl groups is 1. The highest BCUT2D eigenvalue weighted by Crippen LogP contribution is 2.15. The van der Waals surface area contributed by atoms with Crippen molar-refractivity contribution in [2.45, 2.75) is 6.10 Å². The molecule has 1 unspecified atom stereocenters. The Balaban J connectivity index is 1.72. The van der Waals surface area contributed by atoms with E-state index in [1.807, 2.05) is 6.07 Å². The molecule has 0 fully saturated rings. The number of nitriles is 1. The Kier molecular flexibility index (Phi) is 7.62. The minimum atomic E-state index is -0.751. The van der Waals surface area contributed by atoms with Crippen LogP contribution in [0.1, 0.15) is 5.56 Å². The molecule has 142 valence electrons. The number of hydrogen-bond acceptors (Lipinski definition) is 6. The molecule has 0 bridgehead atoms. The summed E-state index contributed by atoms with van der Waals surface area (Å²) in [7, 11) is 3.33. The number of carbonyl (C=O) groups is 1. The predicted molar refractivity (Wildman–Crippen MR) is 102 cm³/mol. The SMILES string of the molecule is COc1ccc(NC(=O)CN(C)CC(O)COc2ccc(C#N)cc2)cc1. The number of amides is 1. The van der Waals surface area contributed by atoms with Crippen molar-refractivity contribution in [3.05, 3.63) is 54.1 Å². The maximum absolute atomic E-state index is 12.1. The van der Waals surface area contributed by atoms with E-state index in [9.17, 15) is 9.90 Å². The van der Waals surface area contributed by atoms with E-state index < -0.39 is 6.10 Å². The van der Waals surface area contributed by atoms with Gasteiger partial charge in [0.15, 0.2) is 0 Å². The van der Waals surface area contributed by atoms with Gasteiger partial charge in [-0.15, -0.1) is 0 Å². The van der Waals surface area contributed by atoms with Crippen LogP contribution in [0.5, 0.6) is 11.5 Å². The second-order valence-electron chi connectivity index (χ2n) is 6.07. The fraction of sp³-hybridized carbons (Fsp3) is 0.300. The molecule has 0 saturated carbocycles. The number of aliphatic hydroxyl groups excluding tert-OH is 1. The summed E-state index contributed by atoms with van der Waals surface area (Å²) in [6.07, 6.45) is -0.751. The molecular weight excluding hydrogens is 346 g/mol. The second kappa shape index (κ2) is 10.2. The highest BCUT2D eigenvalue weighted by Gasteiger charge is 2.13. The zero-order valence-corrected chi connectivity index (χ0v) is 15.4. The van der Waals surface area contributed by atoms with E-state index >= 15 is 0 Å². The van der Waals surface area contributed by atoms with Crippen molar-refractivity contribution in [2.75, 3.05) is 39.2 Å². The molecule has 7 nitrogen and oxygen atoms in total. The Morgan fingerprint density at radius 2 is 1.81 bits per heavy atom. The van der Waals surface area contributed by atoms with Crippen molar-refractivity contribution < 1.29 is 19.4 Å². The highest BCUT2D eigenvalue weighted by atomic mass is 16.5. The Morgan fingerprint density at radius 3 is 2.41 bits per heavy atom. The average molecular weight is 369 g/mol. The summed E-state index contributed by atoms with van der Waals surface area (Å²) in [5, 5.41) is 21.6. The lowest BCUT2D eigenvalue weighted by molar-refractivity contribution is -0.117. The maximum Gasteiger partial charge on any atom is 0.238 e. The molecular formula is C20H23N3O4. The first-order valence-corrected chi connectivity index (χ1v) is 8.43. The third-order valence-corrected chi connectivity index (χ3v) is 3.74. The number of hydrogen-bond donors (Lipinski definition) is 2. The van der Waals surface area contributed by atoms with Gasteiger partial charge in [0.1, 0.15) is 24.2 Å². The molecule has 0 aliphatic carbocycles. The summed E-state index contributed by atoms with van der Waals surface area (Å²) in [5.74, 6) is 1.12. The lowest BCUT2D eigenvalue weighted by Crippen LogP contribution is -2.37. The second-order valence-corrected chi connectivity index (χ2v) is 6.07. The van der Waals surface area contributed by atoms with Crippen molar-refractivity contribution in [3.63, 3.8) is 0 Å². The number of nitrogens with one attached hydrogen (secondary N) is 1. The molecule has 0 aliphatic heterocycles. The van der Waals surface area contributed by atoms with E-state index in [-0.39, 0.29) is 25.6 Å². The van der Waals surface area contributed by atoms with Gasteiger partial charge in [-0.2, -0.15) is 5.26 Å². The Hall–Kier alpha value is -3.08. The minimum absolute atomic E-state index is 0.0936. The van der Waals surface area contributed by atoms with Gasteiger partial charge in [-0.05, 0) is 55.6 Å². The third-order valence-electron chi connectivity index (χ3n) is 3.74. The van der Waals surface area contributed by atoms with E-state index in [1.165, 1.54) is 0 Å². The lowest BCUT2D eigenvalue weighted by Gasteiger charge is -2.20. The van der Waals surface area contributed by atoms with Gasteiger partial charge in [0, 0.05) is 12.2 Å². The van der Waals surface area contributed by atoms with E-state index in [1.54, 1.807) is 67.6 Å². The van der Waals surface area contributed by atoms with Crippen LogP contribution in [0.3, 0.4) is 0 Å². The topological polar surface area (TPSA) is 94.8 Å².